The number of nitrogens with zero attached hydrogens (tertiary/aromatic N) is 2. The SMILES string of the molecule is NC(=O)Cc1nc(C=S)n[nH]1. The van der Waals surface area contributed by atoms with Crippen molar-refractivity contribution in [3.8, 4) is 0 Å². The van der Waals surface area contributed by atoms with Gasteiger partial charge in [0, 0.05) is 5.37 Å². The molecule has 11 heavy (non-hydrogen) atoms. The highest BCUT2D eigenvalue weighted by Gasteiger charge is 2.02. The number of primary amides is 1. The molecule has 1 aromatic rings. The Morgan fingerprint density at radius 1 is 1.82 bits per heavy atom. The molecular formula is C5H6N4OS. The Kier molecular flexibility index (Phi) is 2.27. The van der Waals surface area contributed by atoms with E-state index in [1.807, 2.05) is 0 Å². The molecular weight excluding hydrogens is 164 g/mol. The second-order valence-corrected chi connectivity index (χ2v) is 2.14. The zero-order valence-corrected chi connectivity index (χ0v) is 6.39. The number of amides is 1. The number of nitrogens with two attached hydrogens (primary N) is 1. The number of carbonyl (C=O) groups is 1. The van der Waals surface area contributed by atoms with E-state index in [0.29, 0.717) is 11.6 Å². The molecule has 1 rings (SSSR count). The van der Waals surface area contributed by atoms with Gasteiger partial charge in [-0.3, -0.25) is 9.89 Å². The number of thiocarbonyl (C=S) groups is 1. The lowest BCUT2D eigenvalue weighted by Crippen LogP contribution is -2.14. The summed E-state index contributed by atoms with van der Waals surface area (Å²) in [7, 11) is 0. The number of hydrogen-bond acceptors (Lipinski definition) is 4. The van der Waals surface area contributed by atoms with Crippen molar-refractivity contribution in [1.82, 2.24) is 15.2 Å². The highest BCUT2D eigenvalue weighted by Crippen LogP contribution is 1.90. The molecule has 5 nitrogen and oxygen atoms in total. The van der Waals surface area contributed by atoms with Gasteiger partial charge in [-0.2, -0.15) is 5.10 Å². The Hall–Kier alpha value is -1.30. The van der Waals surface area contributed by atoms with Crippen LogP contribution in [0.4, 0.5) is 0 Å². The Bertz CT molecular complexity index is 282. The van der Waals surface area contributed by atoms with Gasteiger partial charge in [-0.25, -0.2) is 4.98 Å². The monoisotopic (exact) mass is 170 g/mol. The third kappa shape index (κ3) is 2.08. The van der Waals surface area contributed by atoms with Crippen molar-refractivity contribution >= 4 is 23.5 Å². The van der Waals surface area contributed by atoms with Gasteiger partial charge >= 0.3 is 0 Å². The molecule has 1 amide bonds. The number of hydrogen-bond donors (Lipinski definition) is 2. The van der Waals surface area contributed by atoms with E-state index in [9.17, 15) is 4.79 Å². The summed E-state index contributed by atoms with van der Waals surface area (Å²) in [4.78, 5) is 14.2. The van der Waals surface area contributed by atoms with E-state index >= 15 is 0 Å². The van der Waals surface area contributed by atoms with Gasteiger partial charge in [0.15, 0.2) is 5.82 Å². The topological polar surface area (TPSA) is 84.7 Å². The summed E-state index contributed by atoms with van der Waals surface area (Å²) in [6, 6.07) is 0. The van der Waals surface area contributed by atoms with Gasteiger partial charge in [0.2, 0.25) is 5.91 Å². The Morgan fingerprint density at radius 3 is 3.00 bits per heavy atom. The summed E-state index contributed by atoms with van der Waals surface area (Å²) >= 11 is 4.56. The maximum absolute atomic E-state index is 10.4. The average Bonchev–Trinajstić information content (AvgIpc) is 2.34. The molecule has 0 atom stereocenters. The minimum atomic E-state index is -0.447. The smallest absolute Gasteiger partial charge is 0.225 e. The van der Waals surface area contributed by atoms with Crippen LogP contribution in [-0.4, -0.2) is 26.5 Å². The second-order valence-electron chi connectivity index (χ2n) is 1.90. The molecule has 0 unspecified atom stereocenters. The number of aromatic amines is 1. The standard InChI is InChI=1S/C5H6N4OS/c6-3(10)1-4-7-5(2-11)9-8-4/h2H,1H2,(H2,6,10)(H,7,8,9). The normalized spacial score (nSPS) is 9.45. The van der Waals surface area contributed by atoms with Crippen LogP contribution < -0.4 is 5.73 Å². The highest BCUT2D eigenvalue weighted by atomic mass is 32.1. The van der Waals surface area contributed by atoms with E-state index in [1.165, 1.54) is 5.37 Å². The van der Waals surface area contributed by atoms with E-state index in [0.717, 1.165) is 0 Å². The molecule has 0 bridgehead atoms. The molecule has 0 aromatic carbocycles. The first-order valence-corrected chi connectivity index (χ1v) is 3.34. The lowest BCUT2D eigenvalue weighted by Gasteiger charge is -1.85. The zero-order valence-electron chi connectivity index (χ0n) is 5.57. The second kappa shape index (κ2) is 3.20. The van der Waals surface area contributed by atoms with Crippen LogP contribution in [0.15, 0.2) is 0 Å². The number of H-pyrrole nitrogens is 1. The van der Waals surface area contributed by atoms with E-state index in [2.05, 4.69) is 27.4 Å². The van der Waals surface area contributed by atoms with E-state index in [-0.39, 0.29) is 6.42 Å². The predicted molar refractivity (Wildman–Crippen MR) is 42.0 cm³/mol. The lowest BCUT2D eigenvalue weighted by molar-refractivity contribution is -0.117. The summed E-state index contributed by atoms with van der Waals surface area (Å²) in [6.45, 7) is 0. The molecule has 6 heteroatoms. The van der Waals surface area contributed by atoms with Crippen molar-refractivity contribution in [1.29, 1.82) is 0 Å². The van der Waals surface area contributed by atoms with Gasteiger partial charge in [-0.15, -0.1) is 0 Å². The fourth-order valence-electron chi connectivity index (χ4n) is 0.607. The van der Waals surface area contributed by atoms with Gasteiger partial charge in [-0.1, -0.05) is 12.2 Å². The quantitative estimate of drug-likeness (QED) is 0.580. The number of nitrogens with one attached hydrogen (secondary N) is 1. The van der Waals surface area contributed by atoms with Crippen LogP contribution >= 0.6 is 12.2 Å². The van der Waals surface area contributed by atoms with Crippen molar-refractivity contribution < 1.29 is 4.79 Å². The fourth-order valence-corrected chi connectivity index (χ4v) is 0.712. The van der Waals surface area contributed by atoms with Crippen molar-refractivity contribution in [3.63, 3.8) is 0 Å². The number of carbonyl (C=O) groups excluding carboxylic acids is 1. The van der Waals surface area contributed by atoms with Crippen LogP contribution in [-0.2, 0) is 11.2 Å². The van der Waals surface area contributed by atoms with Gasteiger partial charge in [0.1, 0.15) is 5.82 Å². The molecule has 0 radical (unpaired) electrons. The van der Waals surface area contributed by atoms with E-state index in [1.54, 1.807) is 0 Å². The first-order valence-electron chi connectivity index (χ1n) is 2.87. The zero-order chi connectivity index (χ0) is 8.27. The molecule has 0 fully saturated rings. The fraction of sp³-hybridized carbons (Fsp3) is 0.200. The van der Waals surface area contributed by atoms with E-state index in [4.69, 9.17) is 5.73 Å². The first kappa shape index (κ1) is 7.80. The maximum Gasteiger partial charge on any atom is 0.225 e. The summed E-state index contributed by atoms with van der Waals surface area (Å²) in [5.74, 6) is 0.391. The molecule has 0 aliphatic heterocycles. The third-order valence-corrected chi connectivity index (χ3v) is 1.21. The van der Waals surface area contributed by atoms with Crippen molar-refractivity contribution in [2.75, 3.05) is 0 Å². The Labute approximate surface area is 68.0 Å². The summed E-state index contributed by atoms with van der Waals surface area (Å²) < 4.78 is 0. The predicted octanol–water partition coefficient (Wildman–Crippen LogP) is -0.820. The van der Waals surface area contributed by atoms with Crippen molar-refractivity contribution in [2.45, 2.75) is 6.42 Å². The number of rotatable bonds is 3. The van der Waals surface area contributed by atoms with Crippen LogP contribution in [0.1, 0.15) is 11.6 Å². The van der Waals surface area contributed by atoms with Crippen LogP contribution in [0.2, 0.25) is 0 Å². The molecule has 0 aliphatic carbocycles. The van der Waals surface area contributed by atoms with Crippen molar-refractivity contribution in [2.24, 2.45) is 5.73 Å². The molecule has 58 valence electrons. The van der Waals surface area contributed by atoms with Gasteiger partial charge < -0.3 is 5.73 Å². The summed E-state index contributed by atoms with van der Waals surface area (Å²) in [5.41, 5.74) is 4.91. The minimum absolute atomic E-state index is 0.0656. The summed E-state index contributed by atoms with van der Waals surface area (Å²) in [5, 5.41) is 7.53. The number of aromatic nitrogens is 3. The molecule has 0 saturated carbocycles. The molecule has 0 spiro atoms. The Morgan fingerprint density at radius 2 is 2.55 bits per heavy atom. The van der Waals surface area contributed by atoms with Gasteiger partial charge in [-0.05, 0) is 0 Å². The molecule has 3 N–H and O–H groups in total. The van der Waals surface area contributed by atoms with Gasteiger partial charge in [0.05, 0.1) is 6.42 Å². The largest absolute Gasteiger partial charge is 0.369 e. The van der Waals surface area contributed by atoms with Crippen LogP contribution in [0.25, 0.3) is 0 Å². The molecule has 0 aliphatic rings. The van der Waals surface area contributed by atoms with E-state index < -0.39 is 5.91 Å². The van der Waals surface area contributed by atoms with Crippen molar-refractivity contribution in [3.05, 3.63) is 11.6 Å². The first-order chi connectivity index (χ1) is 5.22. The average molecular weight is 170 g/mol. The van der Waals surface area contributed by atoms with Crippen LogP contribution in [0.3, 0.4) is 0 Å². The Balaban J connectivity index is 2.72. The summed E-state index contributed by atoms with van der Waals surface area (Å²) in [6.07, 6.45) is 0.0656. The highest BCUT2D eigenvalue weighted by molar-refractivity contribution is 7.79. The van der Waals surface area contributed by atoms with Gasteiger partial charge in [0.25, 0.3) is 0 Å². The third-order valence-electron chi connectivity index (χ3n) is 0.996. The maximum atomic E-state index is 10.4. The molecule has 1 heterocycles. The van der Waals surface area contributed by atoms with Crippen LogP contribution in [0, 0.1) is 0 Å². The lowest BCUT2D eigenvalue weighted by atomic mass is 10.4. The molecule has 0 saturated heterocycles. The minimum Gasteiger partial charge on any atom is -0.369 e. The molecule has 1 aromatic heterocycles. The van der Waals surface area contributed by atoms with Crippen LogP contribution in [0.5, 0.6) is 0 Å².